The van der Waals surface area contributed by atoms with E-state index in [0.717, 1.165) is 65.4 Å². The van der Waals surface area contributed by atoms with Gasteiger partial charge in [0.05, 0.1) is 7.11 Å². The summed E-state index contributed by atoms with van der Waals surface area (Å²) in [6.45, 7) is 7.64. The first-order valence-corrected chi connectivity index (χ1v) is 13.6. The molecule has 0 saturated carbocycles. The second-order valence-electron chi connectivity index (χ2n) is 11.4. The maximum Gasteiger partial charge on any atom is 0.328 e. The summed E-state index contributed by atoms with van der Waals surface area (Å²) in [5.41, 5.74) is 2.55. The summed E-state index contributed by atoms with van der Waals surface area (Å²) in [7, 11) is 1.64. The maximum absolute atomic E-state index is 14.0. The molecule has 1 aromatic heterocycles. The van der Waals surface area contributed by atoms with Crippen molar-refractivity contribution in [3.05, 3.63) is 59.3 Å². The number of carbonyl (C=O) groups excluding carboxylic acids is 2. The highest BCUT2D eigenvalue weighted by molar-refractivity contribution is 6.08. The molecule has 3 amide bonds. The molecule has 2 fully saturated rings. The quantitative estimate of drug-likeness (QED) is 0.465. The molecule has 8 heteroatoms. The SMILES string of the molecule is COc1ccc2[nH]c3c(c2c1)C[C@@]1(C)C(=O)N(CCCN2CCC(C)CC2)C(=O)N1[C@@H]3c1cccc(O)c1. The number of benzene rings is 2. The van der Waals surface area contributed by atoms with Gasteiger partial charge in [0, 0.05) is 29.6 Å². The molecule has 38 heavy (non-hydrogen) atoms. The van der Waals surface area contributed by atoms with Crippen molar-refractivity contribution in [3.8, 4) is 11.5 Å². The standard InChI is InChI=1S/C30H36N4O4/c1-19-10-14-32(15-11-19)12-5-13-33-28(36)30(2)18-24-23-17-22(38-3)8-9-25(23)31-26(24)27(34(30)29(33)37)20-6-4-7-21(35)16-20/h4,6-9,16-17,19,27,31,35H,5,10-15,18H2,1-3H3/t27-,30+/m1/s1. The van der Waals surface area contributed by atoms with Crippen molar-refractivity contribution >= 4 is 22.8 Å². The van der Waals surface area contributed by atoms with E-state index < -0.39 is 11.6 Å². The van der Waals surface area contributed by atoms with E-state index in [0.29, 0.717) is 13.0 Å². The van der Waals surface area contributed by atoms with Crippen LogP contribution in [-0.2, 0) is 11.2 Å². The van der Waals surface area contributed by atoms with Crippen molar-refractivity contribution in [3.63, 3.8) is 0 Å². The number of piperidine rings is 1. The number of nitrogens with zero attached hydrogens (tertiary/aromatic N) is 3. The number of urea groups is 1. The molecule has 0 bridgehead atoms. The van der Waals surface area contributed by atoms with Crippen LogP contribution in [0.3, 0.4) is 0 Å². The Morgan fingerprint density at radius 2 is 1.89 bits per heavy atom. The first-order chi connectivity index (χ1) is 18.3. The predicted molar refractivity (Wildman–Crippen MR) is 145 cm³/mol. The predicted octanol–water partition coefficient (Wildman–Crippen LogP) is 4.67. The van der Waals surface area contributed by atoms with E-state index in [-0.39, 0.29) is 17.7 Å². The lowest BCUT2D eigenvalue weighted by Crippen LogP contribution is -2.53. The fourth-order valence-electron chi connectivity index (χ4n) is 6.60. The van der Waals surface area contributed by atoms with Gasteiger partial charge in [-0.2, -0.15) is 0 Å². The molecular weight excluding hydrogens is 480 g/mol. The molecule has 2 aromatic carbocycles. The molecule has 3 aliphatic rings. The van der Waals surface area contributed by atoms with Gasteiger partial charge in [0.2, 0.25) is 0 Å². The number of hydrogen-bond acceptors (Lipinski definition) is 5. The van der Waals surface area contributed by atoms with E-state index in [9.17, 15) is 14.7 Å². The van der Waals surface area contributed by atoms with E-state index in [2.05, 4.69) is 16.8 Å². The number of amides is 3. The van der Waals surface area contributed by atoms with Crippen LogP contribution in [0.4, 0.5) is 4.79 Å². The Bertz CT molecular complexity index is 1390. The minimum absolute atomic E-state index is 0.125. The number of aromatic hydroxyl groups is 1. The molecule has 0 unspecified atom stereocenters. The van der Waals surface area contributed by atoms with E-state index in [1.807, 2.05) is 31.2 Å². The number of methoxy groups -OCH3 is 1. The number of likely N-dealkylation sites (tertiary alicyclic amines) is 1. The Morgan fingerprint density at radius 3 is 2.63 bits per heavy atom. The fraction of sp³-hybridized carbons (Fsp3) is 0.467. The highest BCUT2D eigenvalue weighted by Gasteiger charge is 2.60. The average Bonchev–Trinajstić information content (AvgIpc) is 3.35. The third-order valence-corrected chi connectivity index (χ3v) is 8.79. The number of H-pyrrole nitrogens is 1. The van der Waals surface area contributed by atoms with Gasteiger partial charge >= 0.3 is 6.03 Å². The average molecular weight is 517 g/mol. The van der Waals surface area contributed by atoms with E-state index in [1.54, 1.807) is 30.2 Å². The molecule has 200 valence electrons. The van der Waals surface area contributed by atoms with Gasteiger partial charge in [-0.05, 0) is 93.2 Å². The number of aromatic nitrogens is 1. The number of phenols is 1. The van der Waals surface area contributed by atoms with Crippen LogP contribution in [0.2, 0.25) is 0 Å². The van der Waals surface area contributed by atoms with Crippen LogP contribution in [0.25, 0.3) is 10.9 Å². The van der Waals surface area contributed by atoms with Gasteiger partial charge in [0.1, 0.15) is 23.1 Å². The first kappa shape index (κ1) is 24.8. The summed E-state index contributed by atoms with van der Waals surface area (Å²) in [6, 6.07) is 12.1. The fourth-order valence-corrected chi connectivity index (χ4v) is 6.60. The van der Waals surface area contributed by atoms with Crippen LogP contribution in [0.1, 0.15) is 56.0 Å². The summed E-state index contributed by atoms with van der Waals surface area (Å²) in [5.74, 6) is 1.48. The lowest BCUT2D eigenvalue weighted by Gasteiger charge is -2.42. The molecule has 8 nitrogen and oxygen atoms in total. The minimum atomic E-state index is -1.03. The Hall–Kier alpha value is -3.52. The molecule has 2 atom stereocenters. The number of aromatic amines is 1. The smallest absolute Gasteiger partial charge is 0.328 e. The first-order valence-electron chi connectivity index (χ1n) is 13.6. The van der Waals surface area contributed by atoms with Gasteiger partial charge in [-0.3, -0.25) is 14.6 Å². The number of fused-ring (bicyclic) bond motifs is 4. The van der Waals surface area contributed by atoms with Crippen molar-refractivity contribution in [2.45, 2.75) is 51.1 Å². The maximum atomic E-state index is 14.0. The number of imide groups is 1. The summed E-state index contributed by atoms with van der Waals surface area (Å²) in [6.07, 6.45) is 3.58. The zero-order valence-corrected chi connectivity index (χ0v) is 22.4. The highest BCUT2D eigenvalue weighted by atomic mass is 16.5. The van der Waals surface area contributed by atoms with Crippen molar-refractivity contribution in [1.82, 2.24) is 19.7 Å². The Kier molecular flexibility index (Phi) is 6.10. The summed E-state index contributed by atoms with van der Waals surface area (Å²) in [5, 5.41) is 11.3. The normalized spacial score (nSPS) is 24.2. The van der Waals surface area contributed by atoms with Crippen LogP contribution in [0, 0.1) is 5.92 Å². The molecule has 2 N–H and O–H groups in total. The van der Waals surface area contributed by atoms with Crippen LogP contribution < -0.4 is 4.74 Å². The highest BCUT2D eigenvalue weighted by Crippen LogP contribution is 2.49. The lowest BCUT2D eigenvalue weighted by molar-refractivity contribution is -0.133. The monoisotopic (exact) mass is 516 g/mol. The molecule has 2 saturated heterocycles. The van der Waals surface area contributed by atoms with Crippen LogP contribution >= 0.6 is 0 Å². The van der Waals surface area contributed by atoms with Crippen LogP contribution in [-0.4, -0.2) is 75.6 Å². The number of carbonyl (C=O) groups is 2. The molecule has 0 spiro atoms. The topological polar surface area (TPSA) is 89.1 Å². The lowest BCUT2D eigenvalue weighted by atomic mass is 9.81. The van der Waals surface area contributed by atoms with Gasteiger partial charge in [-0.1, -0.05) is 19.1 Å². The largest absolute Gasteiger partial charge is 0.508 e. The van der Waals surface area contributed by atoms with Crippen molar-refractivity contribution in [2.24, 2.45) is 5.92 Å². The molecule has 3 aromatic rings. The van der Waals surface area contributed by atoms with Crippen LogP contribution in [0.5, 0.6) is 11.5 Å². The minimum Gasteiger partial charge on any atom is -0.508 e. The summed E-state index contributed by atoms with van der Waals surface area (Å²) >= 11 is 0. The van der Waals surface area contributed by atoms with Gasteiger partial charge in [-0.25, -0.2) is 4.79 Å². The van der Waals surface area contributed by atoms with E-state index in [1.165, 1.54) is 17.7 Å². The van der Waals surface area contributed by atoms with Crippen LogP contribution in [0.15, 0.2) is 42.5 Å². The van der Waals surface area contributed by atoms with E-state index >= 15 is 0 Å². The molecule has 0 radical (unpaired) electrons. The van der Waals surface area contributed by atoms with Gasteiger partial charge < -0.3 is 19.7 Å². The zero-order valence-electron chi connectivity index (χ0n) is 22.4. The third-order valence-electron chi connectivity index (χ3n) is 8.79. The third kappa shape index (κ3) is 3.93. The molecular formula is C30H36N4O4. The molecule has 6 rings (SSSR count). The summed E-state index contributed by atoms with van der Waals surface area (Å²) in [4.78, 5) is 37.2. The molecule has 4 heterocycles. The van der Waals surface area contributed by atoms with Crippen molar-refractivity contribution in [2.75, 3.05) is 33.3 Å². The Balaban J connectivity index is 1.36. The number of phenolic OH excluding ortho intramolecular Hbond substituents is 1. The zero-order chi connectivity index (χ0) is 26.6. The molecule has 3 aliphatic heterocycles. The summed E-state index contributed by atoms with van der Waals surface area (Å²) < 4.78 is 5.49. The molecule has 0 aliphatic carbocycles. The number of nitrogens with one attached hydrogen (secondary N) is 1. The second kappa shape index (κ2) is 9.34. The van der Waals surface area contributed by atoms with E-state index in [4.69, 9.17) is 4.74 Å². The van der Waals surface area contributed by atoms with Crippen molar-refractivity contribution < 1.29 is 19.4 Å². The Morgan fingerprint density at radius 1 is 1.11 bits per heavy atom. The number of ether oxygens (including phenoxy) is 1. The van der Waals surface area contributed by atoms with Gasteiger partial charge in [0.25, 0.3) is 5.91 Å². The second-order valence-corrected chi connectivity index (χ2v) is 11.4. The number of hydrogen-bond donors (Lipinski definition) is 2. The van der Waals surface area contributed by atoms with Crippen molar-refractivity contribution in [1.29, 1.82) is 0 Å². The Labute approximate surface area is 223 Å². The van der Waals surface area contributed by atoms with Gasteiger partial charge in [-0.15, -0.1) is 0 Å². The number of rotatable bonds is 6. The van der Waals surface area contributed by atoms with Gasteiger partial charge in [0.15, 0.2) is 0 Å².